The maximum absolute atomic E-state index is 10.9. The van der Waals surface area contributed by atoms with Crippen molar-refractivity contribution in [2.24, 2.45) is 0 Å². The first-order valence-corrected chi connectivity index (χ1v) is 8.92. The summed E-state index contributed by atoms with van der Waals surface area (Å²) < 4.78 is 2.36. The molecule has 0 atom stereocenters. The van der Waals surface area contributed by atoms with E-state index in [1.54, 1.807) is 12.1 Å². The number of nitro groups is 1. The number of nitro benzene ring substituents is 1. The Labute approximate surface area is 154 Å². The van der Waals surface area contributed by atoms with Gasteiger partial charge in [-0.1, -0.05) is 31.2 Å². The Kier molecular flexibility index (Phi) is 4.94. The molecule has 3 aromatic rings. The first-order chi connectivity index (χ1) is 12.4. The van der Waals surface area contributed by atoms with Gasteiger partial charge in [-0.25, -0.2) is 0 Å². The molecule has 0 amide bonds. The number of rotatable bonds is 5. The second kappa shape index (κ2) is 7.16. The molecule has 4 nitrogen and oxygen atoms in total. The van der Waals surface area contributed by atoms with E-state index < -0.39 is 0 Å². The van der Waals surface area contributed by atoms with E-state index in [9.17, 15) is 10.1 Å². The number of aryl methyl sites for hydroxylation is 1. The molecule has 0 aliphatic rings. The average Bonchev–Trinajstić information content (AvgIpc) is 2.87. The molecule has 4 heteroatoms. The van der Waals surface area contributed by atoms with Crippen LogP contribution < -0.4 is 0 Å². The molecular formula is C22H24N2O2. The number of non-ortho nitro benzene ring substituents is 1. The Hall–Kier alpha value is -2.88. The van der Waals surface area contributed by atoms with Gasteiger partial charge in [0.2, 0.25) is 0 Å². The lowest BCUT2D eigenvalue weighted by atomic mass is 9.99. The van der Waals surface area contributed by atoms with Gasteiger partial charge in [-0.15, -0.1) is 0 Å². The predicted molar refractivity (Wildman–Crippen MR) is 106 cm³/mol. The highest BCUT2D eigenvalue weighted by Gasteiger charge is 2.19. The van der Waals surface area contributed by atoms with Gasteiger partial charge < -0.3 is 4.57 Å². The van der Waals surface area contributed by atoms with Crippen molar-refractivity contribution in [3.05, 3.63) is 86.7 Å². The van der Waals surface area contributed by atoms with Gasteiger partial charge in [0.05, 0.1) is 4.92 Å². The summed E-state index contributed by atoms with van der Waals surface area (Å²) in [6, 6.07) is 15.3. The molecule has 0 aliphatic heterocycles. The van der Waals surface area contributed by atoms with E-state index in [1.165, 1.54) is 33.6 Å². The summed E-state index contributed by atoms with van der Waals surface area (Å²) in [6.45, 7) is 9.45. The summed E-state index contributed by atoms with van der Waals surface area (Å²) in [5.41, 5.74) is 8.75. The molecule has 0 saturated heterocycles. The number of hydrogen-bond acceptors (Lipinski definition) is 2. The minimum atomic E-state index is -0.355. The highest BCUT2D eigenvalue weighted by Crippen LogP contribution is 2.34. The molecule has 0 radical (unpaired) electrons. The Morgan fingerprint density at radius 3 is 2.19 bits per heavy atom. The fourth-order valence-corrected chi connectivity index (χ4v) is 3.71. The van der Waals surface area contributed by atoms with Gasteiger partial charge in [0.1, 0.15) is 0 Å². The minimum Gasteiger partial charge on any atom is -0.344 e. The highest BCUT2D eigenvalue weighted by molar-refractivity contribution is 5.73. The summed E-state index contributed by atoms with van der Waals surface area (Å²) in [7, 11) is 0. The van der Waals surface area contributed by atoms with E-state index in [0.29, 0.717) is 0 Å². The third-order valence-corrected chi connectivity index (χ3v) is 5.22. The van der Waals surface area contributed by atoms with Crippen molar-refractivity contribution >= 4 is 5.69 Å². The van der Waals surface area contributed by atoms with Crippen LogP contribution in [-0.4, -0.2) is 9.49 Å². The molecule has 2 aromatic carbocycles. The number of nitrogens with zero attached hydrogens (tertiary/aromatic N) is 2. The largest absolute Gasteiger partial charge is 0.344 e. The van der Waals surface area contributed by atoms with Crippen LogP contribution in [0.25, 0.3) is 11.1 Å². The van der Waals surface area contributed by atoms with Crippen LogP contribution in [0.1, 0.15) is 35.0 Å². The smallest absolute Gasteiger partial charge is 0.269 e. The molecule has 0 saturated carbocycles. The maximum Gasteiger partial charge on any atom is 0.269 e. The van der Waals surface area contributed by atoms with Gasteiger partial charge in [0, 0.05) is 35.6 Å². The van der Waals surface area contributed by atoms with Crippen molar-refractivity contribution in [1.82, 2.24) is 4.57 Å². The first-order valence-electron chi connectivity index (χ1n) is 8.92. The summed E-state index contributed by atoms with van der Waals surface area (Å²) in [5.74, 6) is 0. The molecule has 26 heavy (non-hydrogen) atoms. The summed E-state index contributed by atoms with van der Waals surface area (Å²) in [6.07, 6.45) is 0.930. The number of hydrogen-bond donors (Lipinski definition) is 0. The van der Waals surface area contributed by atoms with E-state index in [2.05, 4.69) is 56.5 Å². The topological polar surface area (TPSA) is 48.1 Å². The first kappa shape index (κ1) is 17.9. The van der Waals surface area contributed by atoms with E-state index in [1.807, 2.05) is 12.1 Å². The zero-order valence-corrected chi connectivity index (χ0v) is 15.7. The molecule has 0 N–H and O–H groups in total. The molecule has 0 aliphatic carbocycles. The molecule has 0 bridgehead atoms. The fourth-order valence-electron chi connectivity index (χ4n) is 3.71. The van der Waals surface area contributed by atoms with Crippen molar-refractivity contribution < 1.29 is 4.92 Å². The SMILES string of the molecule is CCc1c(-c2ccc([N+](=O)[O-])cc2)c(C)n(Cc2ccccc2C)c1C. The summed E-state index contributed by atoms with van der Waals surface area (Å²) >= 11 is 0. The lowest BCUT2D eigenvalue weighted by molar-refractivity contribution is -0.384. The van der Waals surface area contributed by atoms with E-state index >= 15 is 0 Å². The Bertz CT molecular complexity index is 953. The van der Waals surface area contributed by atoms with Crippen molar-refractivity contribution in [1.29, 1.82) is 0 Å². The van der Waals surface area contributed by atoms with Crippen LogP contribution in [0.4, 0.5) is 5.69 Å². The third-order valence-electron chi connectivity index (χ3n) is 5.22. The van der Waals surface area contributed by atoms with Crippen LogP contribution in [0.5, 0.6) is 0 Å². The quantitative estimate of drug-likeness (QED) is 0.445. The molecule has 0 spiro atoms. The van der Waals surface area contributed by atoms with Crippen LogP contribution in [0.3, 0.4) is 0 Å². The van der Waals surface area contributed by atoms with Crippen molar-refractivity contribution in [2.45, 2.75) is 40.7 Å². The zero-order valence-electron chi connectivity index (χ0n) is 15.7. The predicted octanol–water partition coefficient (Wildman–Crippen LogP) is 5.60. The average molecular weight is 348 g/mol. The van der Waals surface area contributed by atoms with Crippen molar-refractivity contribution in [3.8, 4) is 11.1 Å². The van der Waals surface area contributed by atoms with Crippen molar-refractivity contribution in [3.63, 3.8) is 0 Å². The lowest BCUT2D eigenvalue weighted by Gasteiger charge is -2.12. The summed E-state index contributed by atoms with van der Waals surface area (Å²) in [4.78, 5) is 10.6. The number of aromatic nitrogens is 1. The van der Waals surface area contributed by atoms with E-state index in [0.717, 1.165) is 18.5 Å². The Morgan fingerprint density at radius 2 is 1.62 bits per heavy atom. The Balaban J connectivity index is 2.09. The minimum absolute atomic E-state index is 0.125. The molecule has 1 heterocycles. The van der Waals surface area contributed by atoms with E-state index in [4.69, 9.17) is 0 Å². The van der Waals surface area contributed by atoms with Crippen LogP contribution in [0.15, 0.2) is 48.5 Å². The second-order valence-electron chi connectivity index (χ2n) is 6.69. The van der Waals surface area contributed by atoms with Crippen LogP contribution in [-0.2, 0) is 13.0 Å². The van der Waals surface area contributed by atoms with Crippen LogP contribution >= 0.6 is 0 Å². The lowest BCUT2D eigenvalue weighted by Crippen LogP contribution is -2.05. The normalized spacial score (nSPS) is 10.9. The van der Waals surface area contributed by atoms with Gasteiger partial charge in [-0.3, -0.25) is 10.1 Å². The summed E-state index contributed by atoms with van der Waals surface area (Å²) in [5, 5.41) is 10.9. The number of benzene rings is 2. The van der Waals surface area contributed by atoms with E-state index in [-0.39, 0.29) is 10.6 Å². The van der Waals surface area contributed by atoms with Crippen LogP contribution in [0, 0.1) is 30.9 Å². The zero-order chi connectivity index (χ0) is 18.8. The molecular weight excluding hydrogens is 324 g/mol. The third kappa shape index (κ3) is 3.15. The highest BCUT2D eigenvalue weighted by atomic mass is 16.6. The molecule has 134 valence electrons. The monoisotopic (exact) mass is 348 g/mol. The Morgan fingerprint density at radius 1 is 0.962 bits per heavy atom. The second-order valence-corrected chi connectivity index (χ2v) is 6.69. The van der Waals surface area contributed by atoms with Crippen LogP contribution in [0.2, 0.25) is 0 Å². The molecule has 3 rings (SSSR count). The van der Waals surface area contributed by atoms with Gasteiger partial charge in [0.25, 0.3) is 5.69 Å². The fraction of sp³-hybridized carbons (Fsp3) is 0.273. The van der Waals surface area contributed by atoms with Gasteiger partial charge in [-0.2, -0.15) is 0 Å². The van der Waals surface area contributed by atoms with Gasteiger partial charge in [-0.05, 0) is 61.6 Å². The van der Waals surface area contributed by atoms with Gasteiger partial charge >= 0.3 is 0 Å². The molecule has 0 unspecified atom stereocenters. The molecule has 1 aromatic heterocycles. The van der Waals surface area contributed by atoms with Crippen molar-refractivity contribution in [2.75, 3.05) is 0 Å². The molecule has 0 fully saturated rings. The van der Waals surface area contributed by atoms with Gasteiger partial charge in [0.15, 0.2) is 0 Å². The standard InChI is InChI=1S/C22H24N2O2/c1-5-21-16(3)23(14-19-9-7-6-8-15(19)2)17(4)22(21)18-10-12-20(13-11-18)24(25)26/h6-13H,5,14H2,1-4H3. The maximum atomic E-state index is 10.9.